The first-order valence-corrected chi connectivity index (χ1v) is 6.47. The molecule has 1 heterocycles. The third-order valence-electron chi connectivity index (χ3n) is 3.16. The largest absolute Gasteiger partial charge is 0.481 e. The summed E-state index contributed by atoms with van der Waals surface area (Å²) < 4.78 is 1.79. The Hall–Kier alpha value is -1.85. The fraction of sp³-hybridized carbons (Fsp3) is 0.615. The normalized spacial score (nSPS) is 10.5. The third kappa shape index (κ3) is 3.33. The Morgan fingerprint density at radius 1 is 1.32 bits per heavy atom. The van der Waals surface area contributed by atoms with Gasteiger partial charge >= 0.3 is 5.97 Å². The molecule has 0 saturated carbocycles. The Balaban J connectivity index is 2.97. The van der Waals surface area contributed by atoms with Crippen LogP contribution in [-0.2, 0) is 11.3 Å². The monoisotopic (exact) mass is 267 g/mol. The van der Waals surface area contributed by atoms with Crippen molar-refractivity contribution in [1.82, 2.24) is 14.7 Å². The van der Waals surface area contributed by atoms with E-state index in [-0.39, 0.29) is 18.9 Å². The van der Waals surface area contributed by atoms with Gasteiger partial charge in [-0.15, -0.1) is 0 Å². The van der Waals surface area contributed by atoms with Gasteiger partial charge < -0.3 is 10.0 Å². The van der Waals surface area contributed by atoms with Crippen LogP contribution in [-0.4, -0.2) is 44.8 Å². The minimum Gasteiger partial charge on any atom is -0.481 e. The Bertz CT molecular complexity index is 480. The summed E-state index contributed by atoms with van der Waals surface area (Å²) >= 11 is 0. The van der Waals surface area contributed by atoms with E-state index in [1.165, 1.54) is 0 Å². The lowest BCUT2D eigenvalue weighted by molar-refractivity contribution is -0.137. The highest BCUT2D eigenvalue weighted by atomic mass is 16.4. The molecule has 0 fully saturated rings. The summed E-state index contributed by atoms with van der Waals surface area (Å²) in [6.07, 6.45) is -0.0421. The number of carboxylic acid groups (broad SMARTS) is 1. The SMILES string of the molecule is CCN(CCC(=O)O)C(=O)c1c(C)nn(CC)c1C. The molecular weight excluding hydrogens is 246 g/mol. The second kappa shape index (κ2) is 6.36. The van der Waals surface area contributed by atoms with Crippen LogP contribution in [0.4, 0.5) is 0 Å². The van der Waals surface area contributed by atoms with Crippen molar-refractivity contribution >= 4 is 11.9 Å². The molecule has 0 radical (unpaired) electrons. The number of rotatable bonds is 6. The Morgan fingerprint density at radius 3 is 2.37 bits per heavy atom. The predicted molar refractivity (Wildman–Crippen MR) is 71.2 cm³/mol. The molecule has 1 aromatic rings. The van der Waals surface area contributed by atoms with Gasteiger partial charge in [0.2, 0.25) is 0 Å². The van der Waals surface area contributed by atoms with Crippen LogP contribution < -0.4 is 0 Å². The number of carbonyl (C=O) groups is 2. The topological polar surface area (TPSA) is 75.4 Å². The second-order valence-corrected chi connectivity index (χ2v) is 4.39. The number of hydrogen-bond acceptors (Lipinski definition) is 3. The molecule has 1 N–H and O–H groups in total. The van der Waals surface area contributed by atoms with Crippen LogP contribution in [0, 0.1) is 13.8 Å². The van der Waals surface area contributed by atoms with E-state index in [1.54, 1.807) is 16.5 Å². The Kier molecular flexibility index (Phi) is 5.09. The number of nitrogens with zero attached hydrogens (tertiary/aromatic N) is 3. The van der Waals surface area contributed by atoms with Crippen LogP contribution in [0.1, 0.15) is 42.0 Å². The molecule has 0 atom stereocenters. The molecule has 0 aliphatic heterocycles. The molecule has 1 aromatic heterocycles. The summed E-state index contributed by atoms with van der Waals surface area (Å²) in [7, 11) is 0. The van der Waals surface area contributed by atoms with E-state index in [0.29, 0.717) is 24.3 Å². The van der Waals surface area contributed by atoms with Gasteiger partial charge in [0, 0.05) is 25.3 Å². The molecule has 19 heavy (non-hydrogen) atoms. The highest BCUT2D eigenvalue weighted by Crippen LogP contribution is 2.16. The lowest BCUT2D eigenvalue weighted by Crippen LogP contribution is -2.33. The number of hydrogen-bond donors (Lipinski definition) is 1. The number of aliphatic carboxylic acids is 1. The molecule has 6 heteroatoms. The first kappa shape index (κ1) is 15.2. The van der Waals surface area contributed by atoms with Crippen molar-refractivity contribution in [2.45, 2.75) is 40.7 Å². The van der Waals surface area contributed by atoms with E-state index in [1.807, 2.05) is 20.8 Å². The quantitative estimate of drug-likeness (QED) is 0.846. The van der Waals surface area contributed by atoms with Crippen LogP contribution in [0.25, 0.3) is 0 Å². The molecule has 106 valence electrons. The molecule has 0 saturated heterocycles. The van der Waals surface area contributed by atoms with Crippen molar-refractivity contribution in [3.05, 3.63) is 17.0 Å². The third-order valence-corrected chi connectivity index (χ3v) is 3.16. The van der Waals surface area contributed by atoms with Gasteiger partial charge in [0.15, 0.2) is 0 Å². The lowest BCUT2D eigenvalue weighted by Gasteiger charge is -2.20. The summed E-state index contributed by atoms with van der Waals surface area (Å²) in [6.45, 7) is 8.90. The van der Waals surface area contributed by atoms with Gasteiger partial charge in [0.05, 0.1) is 17.7 Å². The average molecular weight is 267 g/mol. The van der Waals surface area contributed by atoms with Crippen LogP contribution in [0.15, 0.2) is 0 Å². The maximum atomic E-state index is 12.4. The van der Waals surface area contributed by atoms with E-state index in [9.17, 15) is 9.59 Å². The van der Waals surface area contributed by atoms with Crippen LogP contribution in [0.5, 0.6) is 0 Å². The maximum absolute atomic E-state index is 12.4. The van der Waals surface area contributed by atoms with E-state index in [0.717, 1.165) is 5.69 Å². The maximum Gasteiger partial charge on any atom is 0.305 e. The number of aryl methyl sites for hydroxylation is 2. The van der Waals surface area contributed by atoms with Crippen LogP contribution >= 0.6 is 0 Å². The molecule has 6 nitrogen and oxygen atoms in total. The Labute approximate surface area is 113 Å². The summed E-state index contributed by atoms with van der Waals surface area (Å²) in [6, 6.07) is 0. The number of carboxylic acids is 1. The van der Waals surface area contributed by atoms with Crippen molar-refractivity contribution in [3.8, 4) is 0 Å². The first-order valence-electron chi connectivity index (χ1n) is 6.47. The molecule has 0 bridgehead atoms. The molecule has 0 aromatic carbocycles. The van der Waals surface area contributed by atoms with Crippen molar-refractivity contribution in [3.63, 3.8) is 0 Å². The molecule has 0 aliphatic carbocycles. The van der Waals surface area contributed by atoms with Crippen molar-refractivity contribution in [1.29, 1.82) is 0 Å². The summed E-state index contributed by atoms with van der Waals surface area (Å²) in [5, 5.41) is 13.0. The number of aromatic nitrogens is 2. The van der Waals surface area contributed by atoms with Crippen LogP contribution in [0.3, 0.4) is 0 Å². The first-order chi connectivity index (χ1) is 8.92. The fourth-order valence-corrected chi connectivity index (χ4v) is 2.11. The summed E-state index contributed by atoms with van der Waals surface area (Å²) in [4.78, 5) is 24.6. The Morgan fingerprint density at radius 2 is 1.95 bits per heavy atom. The van der Waals surface area contributed by atoms with Crippen molar-refractivity contribution in [2.24, 2.45) is 0 Å². The highest BCUT2D eigenvalue weighted by molar-refractivity contribution is 5.96. The van der Waals surface area contributed by atoms with Crippen molar-refractivity contribution in [2.75, 3.05) is 13.1 Å². The standard InChI is InChI=1S/C13H21N3O3/c1-5-15(8-7-11(17)18)13(19)12-9(3)14-16(6-2)10(12)4/h5-8H2,1-4H3,(H,17,18). The molecule has 1 amide bonds. The van der Waals surface area contributed by atoms with Crippen molar-refractivity contribution < 1.29 is 14.7 Å². The predicted octanol–water partition coefficient (Wildman–Crippen LogP) is 1.46. The zero-order chi connectivity index (χ0) is 14.6. The lowest BCUT2D eigenvalue weighted by atomic mass is 10.1. The number of amides is 1. The summed E-state index contributed by atoms with van der Waals surface area (Å²) in [5.74, 6) is -1.04. The van der Waals surface area contributed by atoms with Gasteiger partial charge in [-0.1, -0.05) is 0 Å². The zero-order valence-corrected chi connectivity index (χ0v) is 11.9. The molecule has 0 spiro atoms. The van der Waals surface area contributed by atoms with E-state index >= 15 is 0 Å². The van der Waals surface area contributed by atoms with Gasteiger partial charge in [-0.05, 0) is 27.7 Å². The second-order valence-electron chi connectivity index (χ2n) is 4.39. The zero-order valence-electron chi connectivity index (χ0n) is 11.9. The van der Waals surface area contributed by atoms with Gasteiger partial charge in [0.25, 0.3) is 5.91 Å². The smallest absolute Gasteiger partial charge is 0.305 e. The summed E-state index contributed by atoms with van der Waals surface area (Å²) in [5.41, 5.74) is 2.12. The molecule has 0 aliphatic rings. The van der Waals surface area contributed by atoms with Gasteiger partial charge in [-0.25, -0.2) is 0 Å². The molecular formula is C13H21N3O3. The van der Waals surface area contributed by atoms with Gasteiger partial charge in [0.1, 0.15) is 0 Å². The minimum atomic E-state index is -0.899. The fourth-order valence-electron chi connectivity index (χ4n) is 2.11. The minimum absolute atomic E-state index is 0.0421. The highest BCUT2D eigenvalue weighted by Gasteiger charge is 2.22. The van der Waals surface area contributed by atoms with E-state index < -0.39 is 5.97 Å². The average Bonchev–Trinajstić information content (AvgIpc) is 2.64. The molecule has 1 rings (SSSR count). The van der Waals surface area contributed by atoms with Crippen LogP contribution in [0.2, 0.25) is 0 Å². The molecule has 0 unspecified atom stereocenters. The van der Waals surface area contributed by atoms with E-state index in [2.05, 4.69) is 5.10 Å². The van der Waals surface area contributed by atoms with Gasteiger partial charge in [-0.2, -0.15) is 5.10 Å². The number of carbonyl (C=O) groups excluding carboxylic acids is 1. The van der Waals surface area contributed by atoms with E-state index in [4.69, 9.17) is 5.11 Å². The van der Waals surface area contributed by atoms with Gasteiger partial charge in [-0.3, -0.25) is 14.3 Å².